The fraction of sp³-hybridized carbons (Fsp3) is 0.286. The van der Waals surface area contributed by atoms with Crippen LogP contribution in [0.1, 0.15) is 4.79 Å². The van der Waals surface area contributed by atoms with E-state index in [2.05, 4.69) is 4.98 Å². The average Bonchev–Trinajstić information content (AvgIpc) is 2.55. The van der Waals surface area contributed by atoms with E-state index in [1.54, 1.807) is 13.2 Å². The van der Waals surface area contributed by atoms with Crippen LogP contribution in [-0.2, 0) is 0 Å². The molecule has 0 radical (unpaired) electrons. The third-order valence-electron chi connectivity index (χ3n) is 1.58. The number of imidazole rings is 1. The summed E-state index contributed by atoms with van der Waals surface area (Å²) in [5, 5.41) is 7.05. The van der Waals surface area contributed by atoms with E-state index in [1.807, 2.05) is 0 Å². The smallest absolute Gasteiger partial charge is 0.251 e. The van der Waals surface area contributed by atoms with Crippen molar-refractivity contribution in [1.82, 2.24) is 14.5 Å². The van der Waals surface area contributed by atoms with E-state index >= 15 is 0 Å². The molecule has 0 spiro atoms. The highest BCUT2D eigenvalue weighted by Crippen LogP contribution is 1.88. The Balaban J connectivity index is 2.56. The van der Waals surface area contributed by atoms with Crippen LogP contribution in [0.3, 0.4) is 0 Å². The number of nitrogens with zero attached hydrogens (tertiary/aromatic N) is 3. The molecular weight excluding hydrogens is 170 g/mol. The quantitative estimate of drug-likeness (QED) is 0.468. The zero-order chi connectivity index (χ0) is 9.84. The molecule has 1 aromatic heterocycles. The molecule has 1 heterocycles. The normalized spacial score (nSPS) is 9.62. The number of hydrogen-bond acceptors (Lipinski definition) is 3. The molecular formula is C7H11N5O. The Labute approximate surface area is 75.5 Å². The maximum Gasteiger partial charge on any atom is 0.251 e. The molecule has 0 amide bonds. The lowest BCUT2D eigenvalue weighted by atomic mass is 10.5. The van der Waals surface area contributed by atoms with Crippen molar-refractivity contribution in [3.05, 3.63) is 18.7 Å². The number of aromatic nitrogens is 2. The summed E-state index contributed by atoms with van der Waals surface area (Å²) in [7, 11) is 1.58. The first kappa shape index (κ1) is 9.24. The Kier molecular flexibility index (Phi) is 2.63. The maximum atomic E-state index is 11.3. The SMILES string of the molecule is CN(CC(=O)n1ccnc1)C(=N)N. The minimum Gasteiger partial charge on any atom is -0.370 e. The average molecular weight is 181 g/mol. The van der Waals surface area contributed by atoms with E-state index in [-0.39, 0.29) is 18.4 Å². The molecule has 0 saturated carbocycles. The number of nitrogens with two attached hydrogens (primary N) is 1. The second kappa shape index (κ2) is 3.70. The summed E-state index contributed by atoms with van der Waals surface area (Å²) < 4.78 is 1.35. The fourth-order valence-corrected chi connectivity index (χ4v) is 0.776. The van der Waals surface area contributed by atoms with Crippen LogP contribution in [0.15, 0.2) is 18.7 Å². The van der Waals surface area contributed by atoms with Gasteiger partial charge in [0.25, 0.3) is 5.91 Å². The van der Waals surface area contributed by atoms with Gasteiger partial charge in [-0.05, 0) is 0 Å². The van der Waals surface area contributed by atoms with E-state index in [4.69, 9.17) is 11.1 Å². The van der Waals surface area contributed by atoms with Gasteiger partial charge in [0.1, 0.15) is 12.9 Å². The zero-order valence-electron chi connectivity index (χ0n) is 7.27. The predicted octanol–water partition coefficient (Wildman–Crippen LogP) is -0.651. The molecule has 0 atom stereocenters. The lowest BCUT2D eigenvalue weighted by Gasteiger charge is -2.14. The summed E-state index contributed by atoms with van der Waals surface area (Å²) >= 11 is 0. The Hall–Kier alpha value is -1.85. The fourth-order valence-electron chi connectivity index (χ4n) is 0.776. The first-order chi connectivity index (χ1) is 6.11. The zero-order valence-corrected chi connectivity index (χ0v) is 7.27. The van der Waals surface area contributed by atoms with Crippen molar-refractivity contribution in [2.24, 2.45) is 5.73 Å². The van der Waals surface area contributed by atoms with Gasteiger partial charge in [-0.3, -0.25) is 14.8 Å². The molecule has 0 fully saturated rings. The molecule has 3 N–H and O–H groups in total. The standard InChI is InChI=1S/C7H11N5O/c1-11(7(8)9)4-6(13)12-3-2-10-5-12/h2-3,5H,4H2,1H3,(H3,8,9). The highest BCUT2D eigenvalue weighted by molar-refractivity contribution is 5.85. The lowest BCUT2D eigenvalue weighted by Crippen LogP contribution is -2.38. The van der Waals surface area contributed by atoms with Crippen LogP contribution >= 0.6 is 0 Å². The Morgan fingerprint density at radius 3 is 2.92 bits per heavy atom. The Morgan fingerprint density at radius 1 is 1.77 bits per heavy atom. The van der Waals surface area contributed by atoms with Crippen LogP contribution in [0, 0.1) is 5.41 Å². The lowest BCUT2D eigenvalue weighted by molar-refractivity contribution is 0.0888. The topological polar surface area (TPSA) is 88.0 Å². The van der Waals surface area contributed by atoms with Crippen LogP contribution in [0.5, 0.6) is 0 Å². The van der Waals surface area contributed by atoms with Crippen LogP contribution in [0.25, 0.3) is 0 Å². The molecule has 0 aliphatic heterocycles. The largest absolute Gasteiger partial charge is 0.370 e. The van der Waals surface area contributed by atoms with Crippen molar-refractivity contribution in [2.75, 3.05) is 13.6 Å². The van der Waals surface area contributed by atoms with Gasteiger partial charge in [-0.25, -0.2) is 4.98 Å². The van der Waals surface area contributed by atoms with Crippen molar-refractivity contribution in [3.8, 4) is 0 Å². The minimum atomic E-state index is -0.171. The van der Waals surface area contributed by atoms with Crippen LogP contribution in [0.2, 0.25) is 0 Å². The van der Waals surface area contributed by atoms with E-state index in [0.717, 1.165) is 0 Å². The van der Waals surface area contributed by atoms with Crippen LogP contribution in [-0.4, -0.2) is 39.9 Å². The Morgan fingerprint density at radius 2 is 2.46 bits per heavy atom. The number of hydrogen-bond donors (Lipinski definition) is 2. The molecule has 0 aliphatic rings. The predicted molar refractivity (Wildman–Crippen MR) is 47.4 cm³/mol. The van der Waals surface area contributed by atoms with E-state index in [1.165, 1.54) is 22.0 Å². The summed E-state index contributed by atoms with van der Waals surface area (Å²) in [6.45, 7) is 0.0751. The van der Waals surface area contributed by atoms with Crippen molar-refractivity contribution < 1.29 is 4.79 Å². The van der Waals surface area contributed by atoms with Gasteiger partial charge in [0.2, 0.25) is 0 Å². The van der Waals surface area contributed by atoms with Gasteiger partial charge in [0.05, 0.1) is 0 Å². The second-order valence-corrected chi connectivity index (χ2v) is 2.60. The maximum absolute atomic E-state index is 11.3. The van der Waals surface area contributed by atoms with Gasteiger partial charge in [-0.2, -0.15) is 0 Å². The molecule has 0 aromatic carbocycles. The molecule has 0 unspecified atom stereocenters. The first-order valence-electron chi connectivity index (χ1n) is 3.67. The van der Waals surface area contributed by atoms with E-state index in [0.29, 0.717) is 0 Å². The molecule has 6 heteroatoms. The van der Waals surface area contributed by atoms with Crippen molar-refractivity contribution in [2.45, 2.75) is 0 Å². The first-order valence-corrected chi connectivity index (χ1v) is 3.67. The number of guanidine groups is 1. The van der Waals surface area contributed by atoms with Gasteiger partial charge in [-0.15, -0.1) is 0 Å². The molecule has 0 aliphatic carbocycles. The van der Waals surface area contributed by atoms with Crippen LogP contribution < -0.4 is 5.73 Å². The highest BCUT2D eigenvalue weighted by Gasteiger charge is 2.08. The van der Waals surface area contributed by atoms with Gasteiger partial charge in [0, 0.05) is 19.4 Å². The van der Waals surface area contributed by atoms with E-state index < -0.39 is 0 Å². The van der Waals surface area contributed by atoms with Gasteiger partial charge >= 0.3 is 0 Å². The highest BCUT2D eigenvalue weighted by atomic mass is 16.2. The summed E-state index contributed by atoms with van der Waals surface area (Å²) in [5.41, 5.74) is 5.17. The molecule has 1 rings (SSSR count). The van der Waals surface area contributed by atoms with Crippen LogP contribution in [0.4, 0.5) is 0 Å². The summed E-state index contributed by atoms with van der Waals surface area (Å²) in [6, 6.07) is 0. The monoisotopic (exact) mass is 181 g/mol. The van der Waals surface area contributed by atoms with Gasteiger partial charge in [0.15, 0.2) is 5.96 Å². The van der Waals surface area contributed by atoms with Crippen molar-refractivity contribution in [1.29, 1.82) is 5.41 Å². The molecule has 6 nitrogen and oxygen atoms in total. The molecule has 1 aromatic rings. The van der Waals surface area contributed by atoms with Crippen molar-refractivity contribution >= 4 is 11.9 Å². The number of nitrogens with one attached hydrogen (secondary N) is 1. The number of likely N-dealkylation sites (N-methyl/N-ethyl adjacent to an activating group) is 1. The third kappa shape index (κ3) is 2.29. The molecule has 0 saturated heterocycles. The molecule has 13 heavy (non-hydrogen) atoms. The summed E-state index contributed by atoms with van der Waals surface area (Å²) in [6.07, 6.45) is 4.48. The van der Waals surface area contributed by atoms with Crippen molar-refractivity contribution in [3.63, 3.8) is 0 Å². The molecule has 70 valence electrons. The summed E-state index contributed by atoms with van der Waals surface area (Å²) in [4.78, 5) is 16.4. The van der Waals surface area contributed by atoms with E-state index in [9.17, 15) is 4.79 Å². The van der Waals surface area contributed by atoms with Gasteiger partial charge < -0.3 is 10.6 Å². The summed E-state index contributed by atoms with van der Waals surface area (Å²) in [5.74, 6) is -0.302. The van der Waals surface area contributed by atoms with Gasteiger partial charge in [-0.1, -0.05) is 0 Å². The number of carbonyl (C=O) groups excluding carboxylic acids is 1. The second-order valence-electron chi connectivity index (χ2n) is 2.60. The number of rotatable bonds is 2. The Bertz CT molecular complexity index is 305. The molecule has 0 bridgehead atoms. The third-order valence-corrected chi connectivity index (χ3v) is 1.58. The number of carbonyl (C=O) groups is 1. The minimum absolute atomic E-state index is 0.0751.